The summed E-state index contributed by atoms with van der Waals surface area (Å²) in [7, 11) is -1.35. The van der Waals surface area contributed by atoms with Gasteiger partial charge in [-0.05, 0) is 36.1 Å². The van der Waals surface area contributed by atoms with Gasteiger partial charge in [0.1, 0.15) is 6.04 Å². The predicted octanol–water partition coefficient (Wildman–Crippen LogP) is 2.59. The Morgan fingerprint density at radius 3 is 2.33 bits per heavy atom. The van der Waals surface area contributed by atoms with Crippen molar-refractivity contribution in [2.75, 3.05) is 6.54 Å². The second-order valence-electron chi connectivity index (χ2n) is 9.01. The number of nitrogens with zero attached hydrogens (tertiary/aromatic N) is 2. The topological polar surface area (TPSA) is 119 Å². The molecule has 2 atom stereocenters. The monoisotopic (exact) mass is 514 g/mol. The van der Waals surface area contributed by atoms with E-state index in [1.807, 2.05) is 0 Å². The van der Waals surface area contributed by atoms with Gasteiger partial charge in [0.2, 0.25) is 15.9 Å². The normalized spacial score (nSPS) is 13.4. The lowest BCUT2D eigenvalue weighted by Crippen LogP contribution is -2.42. The van der Waals surface area contributed by atoms with Crippen LogP contribution in [-0.2, 0) is 28.9 Å². The van der Waals surface area contributed by atoms with Crippen LogP contribution in [-0.4, -0.2) is 30.0 Å². The third-order valence-corrected chi connectivity index (χ3v) is 7.95. The Bertz CT molecular complexity index is 1440. The quantitative estimate of drug-likeness (QED) is 0.408. The summed E-state index contributed by atoms with van der Waals surface area (Å²) in [4.78, 5) is 37.9. The first-order chi connectivity index (χ1) is 17.1. The van der Waals surface area contributed by atoms with E-state index < -0.39 is 33.2 Å². The maximum absolute atomic E-state index is 13.4. The van der Waals surface area contributed by atoms with Crippen LogP contribution in [0.1, 0.15) is 51.1 Å². The van der Waals surface area contributed by atoms with Crippen molar-refractivity contribution < 1.29 is 13.2 Å². The third-order valence-electron chi connectivity index (χ3n) is 6.52. The van der Waals surface area contributed by atoms with Crippen molar-refractivity contribution in [2.45, 2.75) is 50.5 Å². The zero-order valence-corrected chi connectivity index (χ0v) is 22.0. The van der Waals surface area contributed by atoms with E-state index in [-0.39, 0.29) is 10.3 Å². The number of nitrogens with one attached hydrogen (secondary N) is 2. The fraction of sp³-hybridized carbons (Fsp3) is 0.423. The lowest BCUT2D eigenvalue weighted by molar-refractivity contribution is -0.123. The average molecular weight is 515 g/mol. The van der Waals surface area contributed by atoms with E-state index in [0.29, 0.717) is 23.5 Å². The zero-order valence-electron chi connectivity index (χ0n) is 21.2. The van der Waals surface area contributed by atoms with E-state index in [1.165, 1.54) is 36.9 Å². The molecule has 0 saturated heterocycles. The molecule has 0 spiro atoms. The van der Waals surface area contributed by atoms with Gasteiger partial charge in [0.25, 0.3) is 5.56 Å². The number of carbonyl (C=O) groups excluding carboxylic acids is 1. The molecule has 0 saturated carbocycles. The fourth-order valence-corrected chi connectivity index (χ4v) is 5.38. The van der Waals surface area contributed by atoms with Gasteiger partial charge in [-0.1, -0.05) is 63.4 Å². The number of carbonyl (C=O) groups is 1. The third kappa shape index (κ3) is 5.93. The van der Waals surface area contributed by atoms with Gasteiger partial charge < -0.3 is 5.32 Å². The molecule has 194 valence electrons. The van der Waals surface area contributed by atoms with Crippen molar-refractivity contribution in [1.29, 1.82) is 0 Å². The number of unbranched alkanes of at least 4 members (excludes halogenated alkanes) is 1. The molecule has 2 aromatic carbocycles. The van der Waals surface area contributed by atoms with Gasteiger partial charge in [0, 0.05) is 20.6 Å². The molecule has 0 unspecified atom stereocenters. The van der Waals surface area contributed by atoms with Gasteiger partial charge in [-0.15, -0.1) is 0 Å². The van der Waals surface area contributed by atoms with Crippen LogP contribution in [0, 0.1) is 5.92 Å². The van der Waals surface area contributed by atoms with Crippen LogP contribution in [0.4, 0.5) is 0 Å². The minimum absolute atomic E-state index is 0.0879. The van der Waals surface area contributed by atoms with E-state index >= 15 is 0 Å². The largest absolute Gasteiger partial charge is 0.354 e. The van der Waals surface area contributed by atoms with Gasteiger partial charge >= 0.3 is 5.69 Å². The number of aryl methyl sites for hydroxylation is 1. The number of aromatic nitrogens is 2. The highest BCUT2D eigenvalue weighted by Crippen LogP contribution is 2.21. The molecule has 0 aliphatic carbocycles. The molecule has 3 rings (SSSR count). The summed E-state index contributed by atoms with van der Waals surface area (Å²) >= 11 is 0. The summed E-state index contributed by atoms with van der Waals surface area (Å²) in [5.74, 6) is -0.135. The Morgan fingerprint density at radius 1 is 1.00 bits per heavy atom. The van der Waals surface area contributed by atoms with Crippen molar-refractivity contribution in [1.82, 2.24) is 19.2 Å². The molecule has 10 heteroatoms. The van der Waals surface area contributed by atoms with Crippen LogP contribution in [0.15, 0.2) is 63.0 Å². The first-order valence-corrected chi connectivity index (χ1v) is 13.6. The SMILES string of the molecule is CCCC[C@@H](CC)CNC(=O)[C@@H](NS(=O)(=O)c1ccc2c(c1)c(=O)n(C)c(=O)n2C)c1ccccc1. The summed E-state index contributed by atoms with van der Waals surface area (Å²) in [6.45, 7) is 4.65. The Hall–Kier alpha value is -3.24. The molecule has 3 aromatic rings. The molecule has 1 amide bonds. The van der Waals surface area contributed by atoms with E-state index in [9.17, 15) is 22.8 Å². The summed E-state index contributed by atoms with van der Waals surface area (Å²) in [5.41, 5.74) is -0.289. The second kappa shape index (κ2) is 11.7. The molecule has 9 nitrogen and oxygen atoms in total. The van der Waals surface area contributed by atoms with Crippen molar-refractivity contribution in [3.05, 3.63) is 74.9 Å². The molecule has 0 aliphatic heterocycles. The van der Waals surface area contributed by atoms with Crippen molar-refractivity contribution in [3.8, 4) is 0 Å². The highest BCUT2D eigenvalue weighted by molar-refractivity contribution is 7.89. The molecule has 0 fully saturated rings. The first-order valence-electron chi connectivity index (χ1n) is 12.2. The molecular formula is C26H34N4O5S. The maximum atomic E-state index is 13.4. The predicted molar refractivity (Wildman–Crippen MR) is 140 cm³/mol. The number of hydrogen-bond acceptors (Lipinski definition) is 5. The van der Waals surface area contributed by atoms with E-state index in [1.54, 1.807) is 30.3 Å². The molecule has 0 bridgehead atoms. The maximum Gasteiger partial charge on any atom is 0.330 e. The van der Waals surface area contributed by atoms with Crippen LogP contribution in [0.25, 0.3) is 10.9 Å². The minimum Gasteiger partial charge on any atom is -0.354 e. The molecule has 0 aliphatic rings. The van der Waals surface area contributed by atoms with E-state index in [4.69, 9.17) is 0 Å². The van der Waals surface area contributed by atoms with Crippen LogP contribution < -0.4 is 21.3 Å². The van der Waals surface area contributed by atoms with Crippen molar-refractivity contribution in [3.63, 3.8) is 0 Å². The second-order valence-corrected chi connectivity index (χ2v) is 10.7. The first kappa shape index (κ1) is 27.3. The van der Waals surface area contributed by atoms with Gasteiger partial charge in [0.15, 0.2) is 0 Å². The Morgan fingerprint density at radius 2 is 1.69 bits per heavy atom. The van der Waals surface area contributed by atoms with Gasteiger partial charge in [-0.25, -0.2) is 13.2 Å². The molecule has 2 N–H and O–H groups in total. The smallest absolute Gasteiger partial charge is 0.330 e. The summed E-state index contributed by atoms with van der Waals surface area (Å²) < 4.78 is 31.5. The van der Waals surface area contributed by atoms with Crippen molar-refractivity contribution >= 4 is 26.8 Å². The zero-order chi connectivity index (χ0) is 26.5. The van der Waals surface area contributed by atoms with Gasteiger partial charge in [-0.2, -0.15) is 4.72 Å². The number of sulfonamides is 1. The lowest BCUT2D eigenvalue weighted by Gasteiger charge is -2.21. The number of rotatable bonds is 11. The van der Waals surface area contributed by atoms with Crippen LogP contribution in [0.2, 0.25) is 0 Å². The van der Waals surface area contributed by atoms with Gasteiger partial charge in [0.05, 0.1) is 15.8 Å². The molecular weight excluding hydrogens is 480 g/mol. The van der Waals surface area contributed by atoms with Crippen LogP contribution in [0.3, 0.4) is 0 Å². The fourth-order valence-electron chi connectivity index (χ4n) is 4.17. The van der Waals surface area contributed by atoms with Crippen molar-refractivity contribution in [2.24, 2.45) is 20.0 Å². The van der Waals surface area contributed by atoms with Crippen LogP contribution in [0.5, 0.6) is 0 Å². The number of fused-ring (bicyclic) bond motifs is 1. The molecule has 1 heterocycles. The number of benzene rings is 2. The number of hydrogen-bond donors (Lipinski definition) is 2. The summed E-state index contributed by atoms with van der Waals surface area (Å²) in [6.07, 6.45) is 4.04. The summed E-state index contributed by atoms with van der Waals surface area (Å²) in [6, 6.07) is 11.5. The Labute approximate surface area is 211 Å². The highest BCUT2D eigenvalue weighted by atomic mass is 32.2. The minimum atomic E-state index is -4.20. The number of amides is 1. The van der Waals surface area contributed by atoms with Crippen LogP contribution >= 0.6 is 0 Å². The molecule has 1 aromatic heterocycles. The van der Waals surface area contributed by atoms with E-state index in [2.05, 4.69) is 23.9 Å². The molecule has 0 radical (unpaired) electrons. The standard InChI is InChI=1S/C26H34N4O5S/c1-5-7-11-18(6-2)17-27-24(31)23(19-12-9-8-10-13-19)28-36(34,35)20-14-15-22-21(16-20)25(32)30(4)26(33)29(22)3/h8-10,12-16,18,23,28H,5-7,11,17H2,1-4H3,(H,27,31)/t18-,23+/m1/s1. The Kier molecular flexibility index (Phi) is 8.86. The van der Waals surface area contributed by atoms with Gasteiger partial charge in [-0.3, -0.25) is 18.7 Å². The lowest BCUT2D eigenvalue weighted by atomic mass is 9.99. The summed E-state index contributed by atoms with van der Waals surface area (Å²) in [5, 5.41) is 3.01. The molecule has 36 heavy (non-hydrogen) atoms. The highest BCUT2D eigenvalue weighted by Gasteiger charge is 2.28. The van der Waals surface area contributed by atoms with E-state index in [0.717, 1.165) is 30.3 Å². The Balaban J connectivity index is 1.94. The average Bonchev–Trinajstić information content (AvgIpc) is 2.89.